The molecule has 0 radical (unpaired) electrons. The third kappa shape index (κ3) is 3.08. The van der Waals surface area contributed by atoms with Crippen LogP contribution in [0.1, 0.15) is 27.9 Å². The largest absolute Gasteiger partial charge is 0.336 e. The second-order valence-electron chi connectivity index (χ2n) is 4.91. The Kier molecular flexibility index (Phi) is 4.09. The van der Waals surface area contributed by atoms with Crippen molar-refractivity contribution in [2.75, 3.05) is 0 Å². The van der Waals surface area contributed by atoms with Crippen molar-refractivity contribution >= 4 is 5.91 Å². The van der Waals surface area contributed by atoms with Gasteiger partial charge in [-0.3, -0.25) is 9.78 Å². The number of carbonyl (C=O) groups is 1. The van der Waals surface area contributed by atoms with Gasteiger partial charge >= 0.3 is 0 Å². The molecule has 3 rings (SSSR count). The zero-order valence-corrected chi connectivity index (χ0v) is 12.3. The minimum Gasteiger partial charge on any atom is -0.336 e. The lowest BCUT2D eigenvalue weighted by Gasteiger charge is -2.19. The van der Waals surface area contributed by atoms with Crippen molar-refractivity contribution in [2.45, 2.75) is 6.04 Å². The van der Waals surface area contributed by atoms with Gasteiger partial charge in [0.1, 0.15) is 23.4 Å². The summed E-state index contributed by atoms with van der Waals surface area (Å²) in [5, 5.41) is 2.77. The van der Waals surface area contributed by atoms with Gasteiger partial charge in [-0.25, -0.2) is 14.4 Å². The fourth-order valence-electron chi connectivity index (χ4n) is 2.27. The topological polar surface area (TPSA) is 72.7 Å². The SMILES string of the molecule is Cn1ccnc1[C@@H](NC(=O)c1cnccn1)c1ccccc1F. The first kappa shape index (κ1) is 14.8. The van der Waals surface area contributed by atoms with E-state index in [1.165, 1.54) is 24.7 Å². The molecule has 0 saturated carbocycles. The number of halogens is 1. The number of nitrogens with one attached hydrogen (secondary N) is 1. The Morgan fingerprint density at radius 2 is 2.04 bits per heavy atom. The quantitative estimate of drug-likeness (QED) is 0.798. The molecule has 1 atom stereocenters. The molecule has 0 aliphatic heterocycles. The average Bonchev–Trinajstić information content (AvgIpc) is 3.00. The van der Waals surface area contributed by atoms with Gasteiger partial charge in [-0.1, -0.05) is 18.2 Å². The molecule has 0 unspecified atom stereocenters. The van der Waals surface area contributed by atoms with Crippen molar-refractivity contribution < 1.29 is 9.18 Å². The van der Waals surface area contributed by atoms with Gasteiger partial charge in [0, 0.05) is 37.4 Å². The van der Waals surface area contributed by atoms with Crippen molar-refractivity contribution in [3.63, 3.8) is 0 Å². The first-order chi connectivity index (χ1) is 11.2. The first-order valence-electron chi connectivity index (χ1n) is 6.95. The second kappa shape index (κ2) is 6.35. The number of imidazole rings is 1. The molecular weight excluding hydrogens is 297 g/mol. The molecule has 1 amide bonds. The zero-order chi connectivity index (χ0) is 16.2. The van der Waals surface area contributed by atoms with Gasteiger partial charge in [0.05, 0.1) is 6.20 Å². The number of aryl methyl sites for hydroxylation is 1. The Morgan fingerprint density at radius 3 is 2.70 bits per heavy atom. The summed E-state index contributed by atoms with van der Waals surface area (Å²) in [7, 11) is 1.78. The third-order valence-electron chi connectivity index (χ3n) is 3.40. The molecule has 7 heteroatoms. The Hall–Kier alpha value is -3.09. The molecule has 0 fully saturated rings. The molecule has 0 saturated heterocycles. The summed E-state index contributed by atoms with van der Waals surface area (Å²) in [5.74, 6) is -0.346. The Labute approximate surface area is 132 Å². The number of nitrogens with zero attached hydrogens (tertiary/aromatic N) is 4. The monoisotopic (exact) mass is 311 g/mol. The van der Waals surface area contributed by atoms with Crippen LogP contribution in [0.25, 0.3) is 0 Å². The number of benzene rings is 1. The summed E-state index contributed by atoms with van der Waals surface area (Å²) >= 11 is 0. The minimum absolute atomic E-state index is 0.156. The van der Waals surface area contributed by atoms with E-state index in [1.54, 1.807) is 42.2 Å². The Balaban J connectivity index is 1.98. The van der Waals surface area contributed by atoms with E-state index in [4.69, 9.17) is 0 Å². The molecular formula is C16H14FN5O. The van der Waals surface area contributed by atoms with Crippen LogP contribution in [0.3, 0.4) is 0 Å². The molecule has 0 bridgehead atoms. The molecule has 0 aliphatic carbocycles. The average molecular weight is 311 g/mol. The highest BCUT2D eigenvalue weighted by molar-refractivity contribution is 5.92. The molecule has 2 aromatic heterocycles. The number of hydrogen-bond acceptors (Lipinski definition) is 4. The fourth-order valence-corrected chi connectivity index (χ4v) is 2.27. The highest BCUT2D eigenvalue weighted by atomic mass is 19.1. The van der Waals surface area contributed by atoms with Crippen LogP contribution in [0, 0.1) is 5.82 Å². The van der Waals surface area contributed by atoms with Gasteiger partial charge in [-0.2, -0.15) is 0 Å². The van der Waals surface area contributed by atoms with E-state index in [1.807, 2.05) is 0 Å². The summed E-state index contributed by atoms with van der Waals surface area (Å²) in [5.41, 5.74) is 0.488. The molecule has 0 aliphatic rings. The molecule has 1 aromatic carbocycles. The van der Waals surface area contributed by atoms with E-state index in [-0.39, 0.29) is 5.69 Å². The predicted molar refractivity (Wildman–Crippen MR) is 80.9 cm³/mol. The maximum Gasteiger partial charge on any atom is 0.272 e. The first-order valence-corrected chi connectivity index (χ1v) is 6.95. The summed E-state index contributed by atoms with van der Waals surface area (Å²) < 4.78 is 15.9. The lowest BCUT2D eigenvalue weighted by atomic mass is 10.1. The van der Waals surface area contributed by atoms with Crippen LogP contribution in [-0.2, 0) is 7.05 Å². The summed E-state index contributed by atoms with van der Waals surface area (Å²) in [6, 6.07) is 5.54. The van der Waals surface area contributed by atoms with Crippen molar-refractivity contribution in [3.05, 3.63) is 78.1 Å². The van der Waals surface area contributed by atoms with Crippen LogP contribution in [0.2, 0.25) is 0 Å². The van der Waals surface area contributed by atoms with E-state index in [0.29, 0.717) is 11.4 Å². The molecule has 0 spiro atoms. The molecule has 23 heavy (non-hydrogen) atoms. The van der Waals surface area contributed by atoms with E-state index in [2.05, 4.69) is 20.3 Å². The van der Waals surface area contributed by atoms with E-state index < -0.39 is 17.8 Å². The number of rotatable bonds is 4. The third-order valence-corrected chi connectivity index (χ3v) is 3.40. The highest BCUT2D eigenvalue weighted by Gasteiger charge is 2.24. The van der Waals surface area contributed by atoms with Gasteiger partial charge < -0.3 is 9.88 Å². The summed E-state index contributed by atoms with van der Waals surface area (Å²) in [4.78, 5) is 24.4. The number of hydrogen-bond donors (Lipinski definition) is 1. The summed E-state index contributed by atoms with van der Waals surface area (Å²) in [6.07, 6.45) is 7.58. The Bertz CT molecular complexity index is 818. The summed E-state index contributed by atoms with van der Waals surface area (Å²) in [6.45, 7) is 0. The van der Waals surface area contributed by atoms with E-state index in [9.17, 15) is 9.18 Å². The lowest BCUT2D eigenvalue weighted by molar-refractivity contribution is 0.0935. The maximum absolute atomic E-state index is 14.2. The standard InChI is InChI=1S/C16H14FN5O/c1-22-9-8-20-15(22)14(11-4-2-3-5-12(11)17)21-16(23)13-10-18-6-7-19-13/h2-10,14H,1H3,(H,21,23)/t14-/m0/s1. The van der Waals surface area contributed by atoms with Gasteiger partial charge in [-0.05, 0) is 6.07 Å². The second-order valence-corrected chi connectivity index (χ2v) is 4.91. The highest BCUT2D eigenvalue weighted by Crippen LogP contribution is 2.23. The predicted octanol–water partition coefficient (Wildman–Crippen LogP) is 1.87. The van der Waals surface area contributed by atoms with Crippen molar-refractivity contribution in [1.82, 2.24) is 24.8 Å². The van der Waals surface area contributed by atoms with Crippen molar-refractivity contribution in [2.24, 2.45) is 7.05 Å². The van der Waals surface area contributed by atoms with Gasteiger partial charge in [0.15, 0.2) is 0 Å². The number of carbonyl (C=O) groups excluding carboxylic acids is 1. The van der Waals surface area contributed by atoms with Crippen LogP contribution in [0.15, 0.2) is 55.2 Å². The smallest absolute Gasteiger partial charge is 0.272 e. The molecule has 6 nitrogen and oxygen atoms in total. The maximum atomic E-state index is 14.2. The van der Waals surface area contributed by atoms with Crippen LogP contribution in [0.5, 0.6) is 0 Å². The van der Waals surface area contributed by atoms with Gasteiger partial charge in [0.2, 0.25) is 0 Å². The van der Waals surface area contributed by atoms with E-state index >= 15 is 0 Å². The van der Waals surface area contributed by atoms with E-state index in [0.717, 1.165) is 0 Å². The van der Waals surface area contributed by atoms with Crippen molar-refractivity contribution in [3.8, 4) is 0 Å². The molecule has 116 valence electrons. The molecule has 1 N–H and O–H groups in total. The molecule has 3 aromatic rings. The fraction of sp³-hybridized carbons (Fsp3) is 0.125. The normalized spacial score (nSPS) is 11.9. The van der Waals surface area contributed by atoms with Crippen LogP contribution in [-0.4, -0.2) is 25.4 Å². The van der Waals surface area contributed by atoms with Gasteiger partial charge in [0.25, 0.3) is 5.91 Å². The van der Waals surface area contributed by atoms with Crippen molar-refractivity contribution in [1.29, 1.82) is 0 Å². The molecule has 2 heterocycles. The number of aromatic nitrogens is 4. The van der Waals surface area contributed by atoms with Crippen LogP contribution >= 0.6 is 0 Å². The van der Waals surface area contributed by atoms with Crippen LogP contribution in [0.4, 0.5) is 4.39 Å². The Morgan fingerprint density at radius 1 is 1.22 bits per heavy atom. The number of amides is 1. The minimum atomic E-state index is -0.731. The lowest BCUT2D eigenvalue weighted by Crippen LogP contribution is -2.32. The van der Waals surface area contributed by atoms with Crippen LogP contribution < -0.4 is 5.32 Å². The zero-order valence-electron chi connectivity index (χ0n) is 12.3. The van der Waals surface area contributed by atoms with Gasteiger partial charge in [-0.15, -0.1) is 0 Å².